The Hall–Kier alpha value is -0.770. The van der Waals surface area contributed by atoms with Gasteiger partial charge < -0.3 is 10.0 Å². The number of hydrogen-bond donors (Lipinski definition) is 1. The average molecular weight is 302 g/mol. The van der Waals surface area contributed by atoms with Gasteiger partial charge in [-0.2, -0.15) is 0 Å². The first-order chi connectivity index (χ1) is 9.08. The lowest BCUT2D eigenvalue weighted by molar-refractivity contribution is -0.133. The summed E-state index contributed by atoms with van der Waals surface area (Å²) in [5.74, 6) is 0.114. The van der Waals surface area contributed by atoms with Gasteiger partial charge in [-0.05, 0) is 30.9 Å². The summed E-state index contributed by atoms with van der Waals surface area (Å²) in [5, 5.41) is 10.5. The van der Waals surface area contributed by atoms with Crippen LogP contribution in [0.15, 0.2) is 18.2 Å². The topological polar surface area (TPSA) is 40.5 Å². The molecule has 0 spiro atoms. The zero-order chi connectivity index (χ0) is 13.8. The zero-order valence-electron chi connectivity index (χ0n) is 10.6. The molecule has 1 aliphatic heterocycles. The maximum absolute atomic E-state index is 12.0. The van der Waals surface area contributed by atoms with Crippen molar-refractivity contribution in [2.24, 2.45) is 0 Å². The van der Waals surface area contributed by atoms with Crippen LogP contribution in [0.3, 0.4) is 0 Å². The fourth-order valence-corrected chi connectivity index (χ4v) is 2.67. The Bertz CT molecular complexity index is 457. The van der Waals surface area contributed by atoms with Crippen molar-refractivity contribution in [1.82, 2.24) is 4.90 Å². The smallest absolute Gasteiger partial charge is 0.222 e. The van der Waals surface area contributed by atoms with Crippen LogP contribution in [0.5, 0.6) is 0 Å². The van der Waals surface area contributed by atoms with Crippen molar-refractivity contribution in [1.29, 1.82) is 0 Å². The summed E-state index contributed by atoms with van der Waals surface area (Å²) in [6.45, 7) is 1.28. The Kier molecular flexibility index (Phi) is 5.08. The first-order valence-electron chi connectivity index (χ1n) is 6.46. The number of carbonyl (C=O) groups excluding carboxylic acids is 1. The van der Waals surface area contributed by atoms with Crippen molar-refractivity contribution < 1.29 is 9.90 Å². The fourth-order valence-electron chi connectivity index (χ4n) is 2.26. The number of nitrogens with zero attached hydrogens (tertiary/aromatic N) is 1. The van der Waals surface area contributed by atoms with Crippen LogP contribution in [-0.2, 0) is 11.2 Å². The van der Waals surface area contributed by atoms with Gasteiger partial charge in [-0.25, -0.2) is 0 Å². The number of rotatable bonds is 3. The molecule has 2 rings (SSSR count). The van der Waals surface area contributed by atoms with E-state index in [0.717, 1.165) is 5.56 Å². The van der Waals surface area contributed by atoms with Crippen molar-refractivity contribution >= 4 is 29.1 Å². The minimum Gasteiger partial charge on any atom is -0.393 e. The van der Waals surface area contributed by atoms with E-state index < -0.39 is 0 Å². The summed E-state index contributed by atoms with van der Waals surface area (Å²) in [7, 11) is 0. The molecule has 1 aromatic rings. The highest BCUT2D eigenvalue weighted by Crippen LogP contribution is 2.26. The SMILES string of the molecule is O=C(CCc1cccc(Cl)c1Cl)N1CCC(O)CC1. The Morgan fingerprint density at radius 2 is 2.00 bits per heavy atom. The number of halogens is 2. The van der Waals surface area contributed by atoms with E-state index in [1.54, 1.807) is 6.07 Å². The third-order valence-electron chi connectivity index (χ3n) is 3.46. The van der Waals surface area contributed by atoms with Gasteiger partial charge in [0.25, 0.3) is 0 Å². The average Bonchev–Trinajstić information content (AvgIpc) is 2.41. The molecule has 1 aromatic carbocycles. The molecule has 0 aromatic heterocycles. The summed E-state index contributed by atoms with van der Waals surface area (Å²) in [6, 6.07) is 5.47. The van der Waals surface area contributed by atoms with E-state index in [1.165, 1.54) is 0 Å². The lowest BCUT2D eigenvalue weighted by Gasteiger charge is -2.29. The number of piperidine rings is 1. The van der Waals surface area contributed by atoms with E-state index in [4.69, 9.17) is 23.2 Å². The van der Waals surface area contributed by atoms with Gasteiger partial charge in [0.1, 0.15) is 0 Å². The number of aliphatic hydroxyl groups is 1. The number of aryl methyl sites for hydroxylation is 1. The zero-order valence-corrected chi connectivity index (χ0v) is 12.1. The molecule has 5 heteroatoms. The van der Waals surface area contributed by atoms with E-state index in [-0.39, 0.29) is 12.0 Å². The standard InChI is InChI=1S/C14H17Cl2NO2/c15-12-3-1-2-10(14(12)16)4-5-13(19)17-8-6-11(18)7-9-17/h1-3,11,18H,4-9H2. The normalized spacial score (nSPS) is 16.7. The number of amides is 1. The van der Waals surface area contributed by atoms with E-state index in [1.807, 2.05) is 17.0 Å². The second kappa shape index (κ2) is 6.60. The minimum absolute atomic E-state index is 0.114. The number of aliphatic hydroxyl groups excluding tert-OH is 1. The van der Waals surface area contributed by atoms with E-state index in [9.17, 15) is 9.90 Å². The predicted octanol–water partition coefficient (Wildman–Crippen LogP) is 2.91. The van der Waals surface area contributed by atoms with E-state index in [2.05, 4.69) is 0 Å². The Labute approximate surface area is 123 Å². The Morgan fingerprint density at radius 1 is 1.32 bits per heavy atom. The van der Waals surface area contributed by atoms with Gasteiger partial charge >= 0.3 is 0 Å². The molecule has 0 radical (unpaired) electrons. The second-order valence-electron chi connectivity index (χ2n) is 4.82. The molecule has 1 heterocycles. The summed E-state index contributed by atoms with van der Waals surface area (Å²) in [5.41, 5.74) is 0.902. The lowest BCUT2D eigenvalue weighted by atomic mass is 10.1. The fraction of sp³-hybridized carbons (Fsp3) is 0.500. The van der Waals surface area contributed by atoms with Crippen molar-refractivity contribution in [3.63, 3.8) is 0 Å². The third kappa shape index (κ3) is 3.85. The van der Waals surface area contributed by atoms with Crippen molar-refractivity contribution in [2.45, 2.75) is 31.8 Å². The van der Waals surface area contributed by atoms with Gasteiger partial charge in [0.2, 0.25) is 5.91 Å². The highest BCUT2D eigenvalue weighted by Gasteiger charge is 2.21. The monoisotopic (exact) mass is 301 g/mol. The van der Waals surface area contributed by atoms with Crippen LogP contribution in [0, 0.1) is 0 Å². The first kappa shape index (κ1) is 14.6. The van der Waals surface area contributed by atoms with Crippen LogP contribution in [0.25, 0.3) is 0 Å². The predicted molar refractivity (Wildman–Crippen MR) is 76.6 cm³/mol. The maximum atomic E-state index is 12.0. The molecule has 0 saturated carbocycles. The molecule has 1 aliphatic rings. The molecular weight excluding hydrogens is 285 g/mol. The first-order valence-corrected chi connectivity index (χ1v) is 7.22. The largest absolute Gasteiger partial charge is 0.393 e. The summed E-state index contributed by atoms with van der Waals surface area (Å²) >= 11 is 12.0. The number of likely N-dealkylation sites (tertiary alicyclic amines) is 1. The van der Waals surface area contributed by atoms with Crippen LogP contribution in [-0.4, -0.2) is 35.1 Å². The minimum atomic E-state index is -0.258. The molecule has 0 bridgehead atoms. The van der Waals surface area contributed by atoms with Crippen LogP contribution >= 0.6 is 23.2 Å². The number of carbonyl (C=O) groups is 1. The van der Waals surface area contributed by atoms with Crippen LogP contribution in [0.4, 0.5) is 0 Å². The van der Waals surface area contributed by atoms with Crippen molar-refractivity contribution in [3.05, 3.63) is 33.8 Å². The molecule has 3 nitrogen and oxygen atoms in total. The molecule has 1 amide bonds. The van der Waals surface area contributed by atoms with Crippen LogP contribution in [0.1, 0.15) is 24.8 Å². The molecule has 1 fully saturated rings. The third-order valence-corrected chi connectivity index (χ3v) is 4.32. The van der Waals surface area contributed by atoms with Gasteiger partial charge in [-0.1, -0.05) is 35.3 Å². The highest BCUT2D eigenvalue weighted by atomic mass is 35.5. The highest BCUT2D eigenvalue weighted by molar-refractivity contribution is 6.42. The van der Waals surface area contributed by atoms with Crippen molar-refractivity contribution in [3.8, 4) is 0 Å². The molecule has 0 atom stereocenters. The molecule has 1 saturated heterocycles. The summed E-state index contributed by atoms with van der Waals surface area (Å²) in [6.07, 6.45) is 2.10. The van der Waals surface area contributed by atoms with Gasteiger partial charge in [0.05, 0.1) is 16.1 Å². The number of hydrogen-bond acceptors (Lipinski definition) is 2. The van der Waals surface area contributed by atoms with Gasteiger partial charge in [-0.15, -0.1) is 0 Å². The van der Waals surface area contributed by atoms with E-state index >= 15 is 0 Å². The number of benzene rings is 1. The van der Waals surface area contributed by atoms with Gasteiger partial charge in [0.15, 0.2) is 0 Å². The quantitative estimate of drug-likeness (QED) is 0.932. The molecule has 0 unspecified atom stereocenters. The Morgan fingerprint density at radius 3 is 2.68 bits per heavy atom. The second-order valence-corrected chi connectivity index (χ2v) is 5.61. The van der Waals surface area contributed by atoms with Crippen LogP contribution < -0.4 is 0 Å². The molecule has 19 heavy (non-hydrogen) atoms. The summed E-state index contributed by atoms with van der Waals surface area (Å²) < 4.78 is 0. The van der Waals surface area contributed by atoms with Gasteiger partial charge in [-0.3, -0.25) is 4.79 Å². The van der Waals surface area contributed by atoms with E-state index in [0.29, 0.717) is 48.8 Å². The van der Waals surface area contributed by atoms with Crippen molar-refractivity contribution in [2.75, 3.05) is 13.1 Å². The Balaban J connectivity index is 1.88. The molecule has 104 valence electrons. The summed E-state index contributed by atoms with van der Waals surface area (Å²) in [4.78, 5) is 13.9. The molecule has 0 aliphatic carbocycles. The van der Waals surface area contributed by atoms with Crippen LogP contribution in [0.2, 0.25) is 10.0 Å². The van der Waals surface area contributed by atoms with Gasteiger partial charge in [0, 0.05) is 19.5 Å². The maximum Gasteiger partial charge on any atom is 0.222 e. The lowest BCUT2D eigenvalue weighted by Crippen LogP contribution is -2.40. The molecule has 1 N–H and O–H groups in total. The molecular formula is C14H17Cl2NO2.